The summed E-state index contributed by atoms with van der Waals surface area (Å²) in [6.07, 6.45) is 3.93. The van der Waals surface area contributed by atoms with Crippen LogP contribution in [0.4, 0.5) is 0 Å². The number of benzene rings is 2. The molecule has 0 radical (unpaired) electrons. The van der Waals surface area contributed by atoms with Crippen LogP contribution in [-0.4, -0.2) is 36.7 Å². The van der Waals surface area contributed by atoms with Gasteiger partial charge in [-0.1, -0.05) is 41.6 Å². The van der Waals surface area contributed by atoms with Gasteiger partial charge in [-0.05, 0) is 23.3 Å². The zero-order chi connectivity index (χ0) is 19.2. The second kappa shape index (κ2) is 8.06. The van der Waals surface area contributed by atoms with Crippen LogP contribution in [0.2, 0.25) is 0 Å². The van der Waals surface area contributed by atoms with Crippen molar-refractivity contribution in [1.82, 2.24) is 15.4 Å². The summed E-state index contributed by atoms with van der Waals surface area (Å²) in [5, 5.41) is 19.2. The Bertz CT molecular complexity index is 976. The number of nitrogens with zero attached hydrogens (tertiary/aromatic N) is 3. The molecule has 0 saturated carbocycles. The van der Waals surface area contributed by atoms with E-state index in [1.165, 1.54) is 0 Å². The summed E-state index contributed by atoms with van der Waals surface area (Å²) in [5.74, 6) is 1.76. The molecule has 0 unspecified atom stereocenters. The number of aromatic nitrogens is 3. The molecule has 136 valence electrons. The van der Waals surface area contributed by atoms with Gasteiger partial charge in [-0.2, -0.15) is 5.26 Å². The van der Waals surface area contributed by atoms with Crippen LogP contribution in [-0.2, 0) is 0 Å². The third-order valence-corrected chi connectivity index (χ3v) is 4.01. The minimum Gasteiger partial charge on any atom is -0.493 e. The standard InChI is InChI=1S/C20H18N4O3/c1-25-17-10-14(11-18(26-2)20(17)27-3)5-4-13-6-8-15(9-7-13)19-16(12-21)22-24-23-19/h4-11H,1-3H3,(H,22,23,24). The number of rotatable bonds is 6. The summed E-state index contributed by atoms with van der Waals surface area (Å²) in [7, 11) is 4.75. The molecule has 7 nitrogen and oxygen atoms in total. The fraction of sp³-hybridized carbons (Fsp3) is 0.150. The highest BCUT2D eigenvalue weighted by Gasteiger charge is 2.12. The summed E-state index contributed by atoms with van der Waals surface area (Å²) in [6, 6.07) is 13.5. The molecule has 3 rings (SSSR count). The first kappa shape index (κ1) is 18.0. The maximum absolute atomic E-state index is 9.04. The second-order valence-electron chi connectivity index (χ2n) is 5.56. The number of nitriles is 1. The number of methoxy groups -OCH3 is 3. The molecule has 0 aliphatic heterocycles. The van der Waals surface area contributed by atoms with E-state index in [4.69, 9.17) is 19.5 Å². The van der Waals surface area contributed by atoms with Crippen molar-refractivity contribution in [2.24, 2.45) is 0 Å². The zero-order valence-electron chi connectivity index (χ0n) is 15.2. The van der Waals surface area contributed by atoms with E-state index in [1.807, 2.05) is 54.6 Å². The lowest BCUT2D eigenvalue weighted by Crippen LogP contribution is -1.95. The van der Waals surface area contributed by atoms with Crippen LogP contribution >= 0.6 is 0 Å². The molecule has 0 bridgehead atoms. The minimum absolute atomic E-state index is 0.274. The number of H-pyrrole nitrogens is 1. The Balaban J connectivity index is 1.85. The molecule has 0 fully saturated rings. The SMILES string of the molecule is COc1cc(C=Cc2ccc(-c3[nH]nnc3C#N)cc2)cc(OC)c1OC. The molecule has 27 heavy (non-hydrogen) atoms. The van der Waals surface area contributed by atoms with Crippen molar-refractivity contribution in [3.05, 3.63) is 53.2 Å². The Morgan fingerprint density at radius 1 is 0.926 bits per heavy atom. The van der Waals surface area contributed by atoms with E-state index < -0.39 is 0 Å². The van der Waals surface area contributed by atoms with Crippen molar-refractivity contribution in [3.8, 4) is 34.6 Å². The average molecular weight is 362 g/mol. The topological polar surface area (TPSA) is 93.1 Å². The Hall–Kier alpha value is -3.79. The van der Waals surface area contributed by atoms with E-state index >= 15 is 0 Å². The van der Waals surface area contributed by atoms with Crippen molar-refractivity contribution in [2.75, 3.05) is 21.3 Å². The maximum atomic E-state index is 9.04. The monoisotopic (exact) mass is 362 g/mol. The van der Waals surface area contributed by atoms with Gasteiger partial charge in [0.05, 0.1) is 21.3 Å². The molecule has 0 amide bonds. The van der Waals surface area contributed by atoms with E-state index in [-0.39, 0.29) is 5.69 Å². The highest BCUT2D eigenvalue weighted by Crippen LogP contribution is 2.38. The van der Waals surface area contributed by atoms with Gasteiger partial charge in [0.15, 0.2) is 17.2 Å². The molecular formula is C20H18N4O3. The van der Waals surface area contributed by atoms with Crippen LogP contribution in [0.15, 0.2) is 36.4 Å². The molecule has 1 aromatic heterocycles. The summed E-state index contributed by atoms with van der Waals surface area (Å²) in [6.45, 7) is 0. The average Bonchev–Trinajstić information content (AvgIpc) is 3.20. The van der Waals surface area contributed by atoms with Crippen LogP contribution in [0.3, 0.4) is 0 Å². The van der Waals surface area contributed by atoms with Gasteiger partial charge in [-0.3, -0.25) is 5.10 Å². The second-order valence-corrected chi connectivity index (χ2v) is 5.56. The molecule has 0 aliphatic carbocycles. The third-order valence-electron chi connectivity index (χ3n) is 4.01. The Morgan fingerprint density at radius 2 is 1.56 bits per heavy atom. The first-order valence-corrected chi connectivity index (χ1v) is 8.09. The predicted octanol–water partition coefficient (Wildman–Crippen LogP) is 3.54. The fourth-order valence-electron chi connectivity index (χ4n) is 2.66. The fourth-order valence-corrected chi connectivity index (χ4v) is 2.66. The molecule has 3 aromatic rings. The number of hydrogen-bond donors (Lipinski definition) is 1. The highest BCUT2D eigenvalue weighted by molar-refractivity contribution is 5.74. The summed E-state index contributed by atoms with van der Waals surface area (Å²) in [5.41, 5.74) is 3.64. The van der Waals surface area contributed by atoms with Crippen molar-refractivity contribution in [2.45, 2.75) is 0 Å². The van der Waals surface area contributed by atoms with Gasteiger partial charge >= 0.3 is 0 Å². The van der Waals surface area contributed by atoms with Gasteiger partial charge in [0.1, 0.15) is 11.8 Å². The van der Waals surface area contributed by atoms with Gasteiger partial charge in [0.25, 0.3) is 0 Å². The maximum Gasteiger partial charge on any atom is 0.203 e. The van der Waals surface area contributed by atoms with Crippen molar-refractivity contribution < 1.29 is 14.2 Å². The number of nitrogens with one attached hydrogen (secondary N) is 1. The van der Waals surface area contributed by atoms with Gasteiger partial charge in [0.2, 0.25) is 5.75 Å². The Labute approximate surface area is 156 Å². The Morgan fingerprint density at radius 3 is 2.11 bits per heavy atom. The molecule has 1 heterocycles. The smallest absolute Gasteiger partial charge is 0.203 e. The highest BCUT2D eigenvalue weighted by atomic mass is 16.5. The third kappa shape index (κ3) is 3.75. The Kier molecular flexibility index (Phi) is 5.38. The lowest BCUT2D eigenvalue weighted by molar-refractivity contribution is 0.324. The zero-order valence-corrected chi connectivity index (χ0v) is 15.2. The predicted molar refractivity (Wildman–Crippen MR) is 102 cm³/mol. The van der Waals surface area contributed by atoms with Crippen LogP contribution in [0.25, 0.3) is 23.4 Å². The lowest BCUT2D eigenvalue weighted by Gasteiger charge is -2.12. The molecule has 0 atom stereocenters. The van der Waals surface area contributed by atoms with Gasteiger partial charge in [-0.25, -0.2) is 0 Å². The molecule has 1 N–H and O–H groups in total. The summed E-state index contributed by atoms with van der Waals surface area (Å²) < 4.78 is 16.1. The first-order chi connectivity index (χ1) is 13.2. The number of aromatic amines is 1. The van der Waals surface area contributed by atoms with E-state index in [0.29, 0.717) is 22.9 Å². The van der Waals surface area contributed by atoms with Crippen molar-refractivity contribution in [1.29, 1.82) is 5.26 Å². The van der Waals surface area contributed by atoms with E-state index in [9.17, 15) is 0 Å². The molecule has 0 spiro atoms. The number of hydrogen-bond acceptors (Lipinski definition) is 6. The van der Waals surface area contributed by atoms with Crippen LogP contribution in [0.1, 0.15) is 16.8 Å². The lowest BCUT2D eigenvalue weighted by atomic mass is 10.1. The van der Waals surface area contributed by atoms with Crippen molar-refractivity contribution >= 4 is 12.2 Å². The van der Waals surface area contributed by atoms with Crippen molar-refractivity contribution in [3.63, 3.8) is 0 Å². The van der Waals surface area contributed by atoms with Gasteiger partial charge in [-0.15, -0.1) is 5.10 Å². The van der Waals surface area contributed by atoms with Gasteiger partial charge < -0.3 is 14.2 Å². The van der Waals surface area contributed by atoms with Crippen LogP contribution in [0.5, 0.6) is 17.2 Å². The molecule has 7 heteroatoms. The molecular weight excluding hydrogens is 344 g/mol. The summed E-state index contributed by atoms with van der Waals surface area (Å²) >= 11 is 0. The number of ether oxygens (including phenoxy) is 3. The summed E-state index contributed by atoms with van der Waals surface area (Å²) in [4.78, 5) is 0. The minimum atomic E-state index is 0.274. The van der Waals surface area contributed by atoms with Crippen LogP contribution < -0.4 is 14.2 Å². The molecule has 0 saturated heterocycles. The van der Waals surface area contributed by atoms with E-state index in [1.54, 1.807) is 21.3 Å². The molecule has 2 aromatic carbocycles. The van der Waals surface area contributed by atoms with Gasteiger partial charge in [0, 0.05) is 5.56 Å². The van der Waals surface area contributed by atoms with E-state index in [2.05, 4.69) is 15.4 Å². The quantitative estimate of drug-likeness (QED) is 0.674. The van der Waals surface area contributed by atoms with Crippen LogP contribution in [0, 0.1) is 11.3 Å². The first-order valence-electron chi connectivity index (χ1n) is 8.09. The normalized spacial score (nSPS) is 10.6. The molecule has 0 aliphatic rings. The largest absolute Gasteiger partial charge is 0.493 e. The van der Waals surface area contributed by atoms with E-state index in [0.717, 1.165) is 16.7 Å².